The summed E-state index contributed by atoms with van der Waals surface area (Å²) in [6.45, 7) is 3.99. The van der Waals surface area contributed by atoms with Crippen LogP contribution in [0.3, 0.4) is 0 Å². The number of nitrogens with zero attached hydrogens (tertiary/aromatic N) is 2. The van der Waals surface area contributed by atoms with Gasteiger partial charge in [0.1, 0.15) is 5.75 Å². The van der Waals surface area contributed by atoms with Crippen LogP contribution in [-0.4, -0.2) is 50.1 Å². The van der Waals surface area contributed by atoms with Gasteiger partial charge in [0.15, 0.2) is 5.96 Å². The van der Waals surface area contributed by atoms with Gasteiger partial charge in [-0.05, 0) is 25.8 Å². The molecule has 0 atom stereocenters. The Morgan fingerprint density at radius 1 is 1.25 bits per heavy atom. The molecule has 1 amide bonds. The number of carbonyl (C=O) groups excluding carboxylic acids is 1. The van der Waals surface area contributed by atoms with E-state index in [0.717, 1.165) is 36.7 Å². The highest BCUT2D eigenvalue weighted by Crippen LogP contribution is 2.19. The number of benzene rings is 1. The first-order chi connectivity index (χ1) is 13.1. The van der Waals surface area contributed by atoms with Gasteiger partial charge in [-0.3, -0.25) is 9.79 Å². The van der Waals surface area contributed by atoms with Crippen molar-refractivity contribution in [3.63, 3.8) is 0 Å². The fraction of sp³-hybridized carbons (Fsp3) is 0.619. The second-order valence-corrected chi connectivity index (χ2v) is 7.06. The smallest absolute Gasteiger partial charge is 0.222 e. The lowest BCUT2D eigenvalue weighted by atomic mass is 9.95. The van der Waals surface area contributed by atoms with E-state index in [4.69, 9.17) is 4.74 Å². The molecule has 0 radical (unpaired) electrons. The van der Waals surface area contributed by atoms with Gasteiger partial charge in [0.2, 0.25) is 5.91 Å². The average Bonchev–Trinajstić information content (AvgIpc) is 2.68. The van der Waals surface area contributed by atoms with E-state index in [1.807, 2.05) is 32.2 Å². The minimum absolute atomic E-state index is 0. The van der Waals surface area contributed by atoms with Gasteiger partial charge < -0.3 is 20.3 Å². The van der Waals surface area contributed by atoms with Gasteiger partial charge in [0, 0.05) is 38.2 Å². The highest BCUT2D eigenvalue weighted by Gasteiger charge is 2.15. The summed E-state index contributed by atoms with van der Waals surface area (Å²) in [5, 5.41) is 6.45. The first-order valence-corrected chi connectivity index (χ1v) is 10.0. The number of nitrogens with one attached hydrogen (secondary N) is 2. The molecule has 1 aliphatic rings. The van der Waals surface area contributed by atoms with E-state index >= 15 is 0 Å². The number of aliphatic imine (C=N–C) groups is 1. The largest absolute Gasteiger partial charge is 0.496 e. The minimum Gasteiger partial charge on any atom is -0.496 e. The summed E-state index contributed by atoms with van der Waals surface area (Å²) in [6.07, 6.45) is 6.39. The van der Waals surface area contributed by atoms with Crippen LogP contribution in [0.15, 0.2) is 29.3 Å². The Hall–Kier alpha value is -1.51. The van der Waals surface area contributed by atoms with Crippen LogP contribution in [0, 0.1) is 0 Å². The predicted molar refractivity (Wildman–Crippen MR) is 125 cm³/mol. The van der Waals surface area contributed by atoms with Crippen molar-refractivity contribution in [2.75, 3.05) is 27.2 Å². The minimum atomic E-state index is 0. The molecule has 0 aromatic heterocycles. The predicted octanol–water partition coefficient (Wildman–Crippen LogP) is 3.55. The standard InChI is InChI=1S/C21H34N4O2.HI/c1-4-22-21(25(2)16-17-10-8-9-13-19(17)27-3)23-15-14-20(26)24-18-11-6-5-7-12-18;/h8-10,13,18H,4-7,11-12,14-16H2,1-3H3,(H,22,23)(H,24,26);1H. The van der Waals surface area contributed by atoms with Gasteiger partial charge in [-0.2, -0.15) is 0 Å². The molecule has 1 fully saturated rings. The maximum absolute atomic E-state index is 12.2. The van der Waals surface area contributed by atoms with E-state index in [1.54, 1.807) is 7.11 Å². The lowest BCUT2D eigenvalue weighted by Crippen LogP contribution is -2.39. The van der Waals surface area contributed by atoms with Crippen LogP contribution in [0.2, 0.25) is 0 Å². The molecule has 1 aromatic carbocycles. The fourth-order valence-electron chi connectivity index (χ4n) is 3.44. The Balaban J connectivity index is 0.00000392. The summed E-state index contributed by atoms with van der Waals surface area (Å²) in [7, 11) is 3.68. The molecule has 0 aliphatic heterocycles. The molecule has 28 heavy (non-hydrogen) atoms. The monoisotopic (exact) mass is 502 g/mol. The van der Waals surface area contributed by atoms with E-state index in [2.05, 4.69) is 26.6 Å². The van der Waals surface area contributed by atoms with Gasteiger partial charge >= 0.3 is 0 Å². The third-order valence-electron chi connectivity index (χ3n) is 4.87. The molecule has 0 unspecified atom stereocenters. The second kappa shape index (κ2) is 13.6. The maximum atomic E-state index is 12.2. The molecule has 0 heterocycles. The number of guanidine groups is 1. The number of rotatable bonds is 8. The normalized spacial score (nSPS) is 14.8. The second-order valence-electron chi connectivity index (χ2n) is 7.06. The number of amides is 1. The highest BCUT2D eigenvalue weighted by molar-refractivity contribution is 14.0. The van der Waals surface area contributed by atoms with Gasteiger partial charge in [0.05, 0.1) is 13.7 Å². The van der Waals surface area contributed by atoms with Crippen molar-refractivity contribution in [2.24, 2.45) is 4.99 Å². The molecule has 2 rings (SSSR count). The molecule has 0 saturated heterocycles. The highest BCUT2D eigenvalue weighted by atomic mass is 127. The molecular formula is C21H35IN4O2. The average molecular weight is 502 g/mol. The van der Waals surface area contributed by atoms with E-state index < -0.39 is 0 Å². The number of hydrogen-bond donors (Lipinski definition) is 2. The van der Waals surface area contributed by atoms with Crippen LogP contribution in [0.25, 0.3) is 0 Å². The first kappa shape index (κ1) is 24.5. The van der Waals surface area contributed by atoms with Gasteiger partial charge in [-0.1, -0.05) is 37.5 Å². The van der Waals surface area contributed by atoms with Crippen molar-refractivity contribution in [3.05, 3.63) is 29.8 Å². The topological polar surface area (TPSA) is 66.0 Å². The fourth-order valence-corrected chi connectivity index (χ4v) is 3.44. The number of carbonyl (C=O) groups is 1. The van der Waals surface area contributed by atoms with Crippen molar-refractivity contribution in [1.82, 2.24) is 15.5 Å². The molecule has 7 heteroatoms. The zero-order chi connectivity index (χ0) is 19.5. The SMILES string of the molecule is CCNC(=NCCC(=O)NC1CCCCC1)N(C)Cc1ccccc1OC.I. The summed E-state index contributed by atoms with van der Waals surface area (Å²) in [4.78, 5) is 18.8. The van der Waals surface area contributed by atoms with Crippen LogP contribution >= 0.6 is 24.0 Å². The number of para-hydroxylation sites is 1. The molecule has 158 valence electrons. The quantitative estimate of drug-likeness (QED) is 0.324. The third-order valence-corrected chi connectivity index (χ3v) is 4.87. The van der Waals surface area contributed by atoms with Gasteiger partial charge in [-0.25, -0.2) is 0 Å². The van der Waals surface area contributed by atoms with Crippen molar-refractivity contribution in [1.29, 1.82) is 0 Å². The number of halogens is 1. The maximum Gasteiger partial charge on any atom is 0.222 e. The Morgan fingerprint density at radius 2 is 1.96 bits per heavy atom. The van der Waals surface area contributed by atoms with E-state index in [9.17, 15) is 4.79 Å². The summed E-state index contributed by atoms with van der Waals surface area (Å²) in [5.41, 5.74) is 1.10. The van der Waals surface area contributed by atoms with Crippen molar-refractivity contribution in [2.45, 2.75) is 58.0 Å². The lowest BCUT2D eigenvalue weighted by Gasteiger charge is -2.23. The molecular weight excluding hydrogens is 467 g/mol. The van der Waals surface area contributed by atoms with E-state index in [1.165, 1.54) is 19.3 Å². The van der Waals surface area contributed by atoms with Crippen LogP contribution in [-0.2, 0) is 11.3 Å². The third kappa shape index (κ3) is 8.24. The Labute approximate surface area is 186 Å². The number of ether oxygens (including phenoxy) is 1. The summed E-state index contributed by atoms with van der Waals surface area (Å²) < 4.78 is 5.43. The van der Waals surface area contributed by atoms with Crippen molar-refractivity contribution < 1.29 is 9.53 Å². The van der Waals surface area contributed by atoms with Gasteiger partial charge in [-0.15, -0.1) is 24.0 Å². The summed E-state index contributed by atoms with van der Waals surface area (Å²) >= 11 is 0. The number of methoxy groups -OCH3 is 1. The van der Waals surface area contributed by atoms with Crippen LogP contribution in [0.4, 0.5) is 0 Å². The van der Waals surface area contributed by atoms with E-state index in [0.29, 0.717) is 25.6 Å². The lowest BCUT2D eigenvalue weighted by molar-refractivity contribution is -0.121. The summed E-state index contributed by atoms with van der Waals surface area (Å²) in [5.74, 6) is 1.77. The van der Waals surface area contributed by atoms with Gasteiger partial charge in [0.25, 0.3) is 0 Å². The molecule has 0 bridgehead atoms. The first-order valence-electron chi connectivity index (χ1n) is 10.0. The van der Waals surface area contributed by atoms with Crippen molar-refractivity contribution in [3.8, 4) is 5.75 Å². The molecule has 1 saturated carbocycles. The van der Waals surface area contributed by atoms with Crippen LogP contribution < -0.4 is 15.4 Å². The molecule has 2 N–H and O–H groups in total. The van der Waals surface area contributed by atoms with E-state index in [-0.39, 0.29) is 29.9 Å². The Bertz CT molecular complexity index is 618. The zero-order valence-electron chi connectivity index (χ0n) is 17.4. The van der Waals surface area contributed by atoms with Crippen LogP contribution in [0.5, 0.6) is 5.75 Å². The Kier molecular flexibility index (Phi) is 11.9. The molecule has 6 nitrogen and oxygen atoms in total. The zero-order valence-corrected chi connectivity index (χ0v) is 19.7. The Morgan fingerprint density at radius 3 is 2.64 bits per heavy atom. The van der Waals surface area contributed by atoms with Crippen LogP contribution in [0.1, 0.15) is 51.0 Å². The van der Waals surface area contributed by atoms with Crippen molar-refractivity contribution >= 4 is 35.8 Å². The number of hydrogen-bond acceptors (Lipinski definition) is 3. The molecule has 0 spiro atoms. The summed E-state index contributed by atoms with van der Waals surface area (Å²) in [6, 6.07) is 8.34. The molecule has 1 aromatic rings. The molecule has 1 aliphatic carbocycles.